The monoisotopic (exact) mass is 594 g/mol. The third-order valence-electron chi connectivity index (χ3n) is 13.4. The van der Waals surface area contributed by atoms with Crippen molar-refractivity contribution < 1.29 is 14.3 Å². The van der Waals surface area contributed by atoms with E-state index in [9.17, 15) is 9.59 Å². The molecule has 3 heteroatoms. The van der Waals surface area contributed by atoms with E-state index in [2.05, 4.69) is 101 Å². The van der Waals surface area contributed by atoms with E-state index in [0.29, 0.717) is 47.7 Å². The molecule has 4 aliphatic rings. The maximum atomic E-state index is 14.6. The molecule has 3 nitrogen and oxygen atoms in total. The molecule has 4 aliphatic carbocycles. The van der Waals surface area contributed by atoms with Gasteiger partial charge in [0.2, 0.25) is 0 Å². The Hall–Kier alpha value is -2.68. The van der Waals surface area contributed by atoms with Crippen molar-refractivity contribution in [3.63, 3.8) is 0 Å². The second-order valence-corrected chi connectivity index (χ2v) is 15.6. The Morgan fingerprint density at radius 2 is 1.59 bits per heavy atom. The molecule has 0 heterocycles. The Morgan fingerprint density at radius 1 is 0.955 bits per heavy atom. The first-order valence-corrected chi connectivity index (χ1v) is 17.6. The van der Waals surface area contributed by atoms with Gasteiger partial charge in [0.1, 0.15) is 11.9 Å². The molecule has 0 N–H and O–H groups in total. The predicted octanol–water partition coefficient (Wildman–Crippen LogP) is 9.80. The molecule has 0 saturated heterocycles. The van der Waals surface area contributed by atoms with Crippen molar-refractivity contribution in [3.8, 4) is 0 Å². The zero-order valence-electron chi connectivity index (χ0n) is 27.9. The summed E-state index contributed by atoms with van der Waals surface area (Å²) in [6.07, 6.45) is 10.8. The Kier molecular flexibility index (Phi) is 8.72. The second-order valence-electron chi connectivity index (χ2n) is 15.6. The number of ketones is 1. The highest BCUT2D eigenvalue weighted by Gasteiger charge is 2.68. The maximum absolute atomic E-state index is 14.6. The molecule has 0 bridgehead atoms. The van der Waals surface area contributed by atoms with Crippen LogP contribution in [0.1, 0.15) is 104 Å². The highest BCUT2D eigenvalue weighted by molar-refractivity contribution is 5.87. The van der Waals surface area contributed by atoms with Crippen molar-refractivity contribution in [2.24, 2.45) is 58.2 Å². The van der Waals surface area contributed by atoms with E-state index >= 15 is 0 Å². The van der Waals surface area contributed by atoms with Crippen LogP contribution >= 0.6 is 0 Å². The van der Waals surface area contributed by atoms with E-state index in [-0.39, 0.29) is 34.7 Å². The second kappa shape index (κ2) is 12.3. The van der Waals surface area contributed by atoms with Gasteiger partial charge in [0.15, 0.2) is 0 Å². The number of carbonyl (C=O) groups excluding carboxylic acids is 2. The van der Waals surface area contributed by atoms with Gasteiger partial charge in [-0.05, 0) is 102 Å². The van der Waals surface area contributed by atoms with Crippen molar-refractivity contribution >= 4 is 17.3 Å². The van der Waals surface area contributed by atoms with Gasteiger partial charge in [0.05, 0.1) is 0 Å². The molecular weight excluding hydrogens is 540 g/mol. The standard InChI is InChI=1S/C41H54O3/c1-7-31-35-24-26(2)22-23-40(35,5)36-25-37(43)41(6)33(20-21-34(41)38(36)39(31)44-28(4)42)27(3)18-19-32(29-14-10-8-11-15-29)30-16-12-9-13-17-30/h8-17,19,26-27,31,33-36,38-39H,7,18,20-25H2,1-6H3/t26-,27-,31-,33-,34?,35+,36?,38?,39-,40+,41-/m1/s1. The molecule has 2 aromatic carbocycles. The lowest BCUT2D eigenvalue weighted by molar-refractivity contribution is -0.211. The minimum Gasteiger partial charge on any atom is -0.462 e. The summed E-state index contributed by atoms with van der Waals surface area (Å²) in [4.78, 5) is 27.2. The summed E-state index contributed by atoms with van der Waals surface area (Å²) in [6, 6.07) is 21.4. The van der Waals surface area contributed by atoms with Crippen molar-refractivity contribution in [1.29, 1.82) is 0 Å². The predicted molar refractivity (Wildman–Crippen MR) is 179 cm³/mol. The maximum Gasteiger partial charge on any atom is 0.302 e. The van der Waals surface area contributed by atoms with Gasteiger partial charge in [0.25, 0.3) is 0 Å². The van der Waals surface area contributed by atoms with E-state index in [4.69, 9.17) is 4.74 Å². The quantitative estimate of drug-likeness (QED) is 0.300. The van der Waals surface area contributed by atoms with Crippen LogP contribution < -0.4 is 0 Å². The minimum atomic E-state index is -0.365. The zero-order chi connectivity index (χ0) is 31.2. The molecule has 6 rings (SSSR count). The van der Waals surface area contributed by atoms with E-state index in [1.807, 2.05) is 0 Å². The molecule has 11 atom stereocenters. The smallest absolute Gasteiger partial charge is 0.302 e. The molecule has 236 valence electrons. The van der Waals surface area contributed by atoms with Crippen molar-refractivity contribution in [3.05, 3.63) is 77.9 Å². The Morgan fingerprint density at radius 3 is 2.18 bits per heavy atom. The highest BCUT2D eigenvalue weighted by atomic mass is 16.5. The van der Waals surface area contributed by atoms with E-state index < -0.39 is 0 Å². The molecule has 2 aromatic rings. The van der Waals surface area contributed by atoms with Crippen LogP contribution in [0.3, 0.4) is 0 Å². The number of benzene rings is 2. The summed E-state index contributed by atoms with van der Waals surface area (Å²) < 4.78 is 6.39. The van der Waals surface area contributed by atoms with Crippen LogP contribution in [0.5, 0.6) is 0 Å². The number of Topliss-reactive ketones (excluding diaryl/α,β-unsaturated/α-hetero) is 1. The lowest BCUT2D eigenvalue weighted by Gasteiger charge is -2.64. The lowest BCUT2D eigenvalue weighted by Crippen LogP contribution is -2.64. The van der Waals surface area contributed by atoms with Gasteiger partial charge < -0.3 is 4.74 Å². The van der Waals surface area contributed by atoms with Crippen LogP contribution in [0, 0.1) is 58.2 Å². The zero-order valence-corrected chi connectivity index (χ0v) is 27.9. The third kappa shape index (κ3) is 5.21. The summed E-state index contributed by atoms with van der Waals surface area (Å²) in [5, 5.41) is 0. The fraction of sp³-hybridized carbons (Fsp3) is 0.610. The van der Waals surface area contributed by atoms with Crippen molar-refractivity contribution in [2.75, 3.05) is 0 Å². The average Bonchev–Trinajstić information content (AvgIpc) is 3.38. The van der Waals surface area contributed by atoms with Gasteiger partial charge >= 0.3 is 5.97 Å². The molecule has 44 heavy (non-hydrogen) atoms. The van der Waals surface area contributed by atoms with Gasteiger partial charge in [-0.3, -0.25) is 9.59 Å². The Balaban J connectivity index is 1.33. The number of allylic oxidation sites excluding steroid dienone is 1. The SMILES string of the molecule is CC[C@H]1[C@@H](OC(C)=O)C2C3CC[C@H]([C@H](C)CC=C(c4ccccc4)c4ccccc4)[C@@]3(C)C(=O)CC2[C@@]2(C)CC[C@@H](C)C[C@@H]12. The van der Waals surface area contributed by atoms with Crippen LogP contribution in [-0.4, -0.2) is 17.9 Å². The number of hydrogen-bond donors (Lipinski definition) is 0. The molecule has 0 spiro atoms. The Bertz CT molecular complexity index is 1320. The summed E-state index contributed by atoms with van der Waals surface area (Å²) in [5.41, 5.74) is 3.53. The molecule has 0 aromatic heterocycles. The van der Waals surface area contributed by atoms with Crippen LogP contribution in [0.25, 0.3) is 5.57 Å². The fourth-order valence-corrected chi connectivity index (χ4v) is 11.3. The average molecular weight is 595 g/mol. The third-order valence-corrected chi connectivity index (χ3v) is 13.4. The molecule has 3 unspecified atom stereocenters. The van der Waals surface area contributed by atoms with Crippen LogP contribution in [0.2, 0.25) is 0 Å². The van der Waals surface area contributed by atoms with E-state index in [1.165, 1.54) is 36.0 Å². The topological polar surface area (TPSA) is 43.4 Å². The first-order chi connectivity index (χ1) is 21.1. The number of fused-ring (bicyclic) bond motifs is 5. The van der Waals surface area contributed by atoms with E-state index in [0.717, 1.165) is 25.7 Å². The van der Waals surface area contributed by atoms with Gasteiger partial charge in [-0.1, -0.05) is 108 Å². The summed E-state index contributed by atoms with van der Waals surface area (Å²) in [6.45, 7) is 13.5. The summed E-state index contributed by atoms with van der Waals surface area (Å²) in [7, 11) is 0. The highest BCUT2D eigenvalue weighted by Crippen LogP contribution is 2.69. The molecule has 4 saturated carbocycles. The fourth-order valence-electron chi connectivity index (χ4n) is 11.3. The number of carbonyl (C=O) groups is 2. The first-order valence-electron chi connectivity index (χ1n) is 17.6. The van der Waals surface area contributed by atoms with Crippen LogP contribution in [-0.2, 0) is 14.3 Å². The number of hydrogen-bond acceptors (Lipinski definition) is 3. The first kappa shape index (κ1) is 31.3. The number of esters is 1. The number of rotatable bonds is 7. The van der Waals surface area contributed by atoms with Gasteiger partial charge in [0, 0.05) is 24.7 Å². The minimum absolute atomic E-state index is 0.0694. The van der Waals surface area contributed by atoms with Crippen molar-refractivity contribution in [2.45, 2.75) is 99.0 Å². The molecular formula is C41H54O3. The summed E-state index contributed by atoms with van der Waals surface area (Å²) in [5.74, 6) is 3.52. The molecule has 4 fully saturated rings. The lowest BCUT2D eigenvalue weighted by atomic mass is 9.40. The van der Waals surface area contributed by atoms with Gasteiger partial charge in [-0.15, -0.1) is 0 Å². The van der Waals surface area contributed by atoms with E-state index in [1.54, 1.807) is 6.92 Å². The summed E-state index contributed by atoms with van der Waals surface area (Å²) >= 11 is 0. The van der Waals surface area contributed by atoms with Gasteiger partial charge in [-0.25, -0.2) is 0 Å². The van der Waals surface area contributed by atoms with Crippen molar-refractivity contribution in [1.82, 2.24) is 0 Å². The normalized spacial score (nSPS) is 38.5. The molecule has 0 amide bonds. The van der Waals surface area contributed by atoms with Gasteiger partial charge in [-0.2, -0.15) is 0 Å². The number of ether oxygens (including phenoxy) is 1. The molecule has 0 aliphatic heterocycles. The molecule has 0 radical (unpaired) electrons. The Labute approximate surface area is 266 Å². The largest absolute Gasteiger partial charge is 0.462 e. The van der Waals surface area contributed by atoms with Crippen LogP contribution in [0.15, 0.2) is 66.7 Å². The van der Waals surface area contributed by atoms with Crippen LogP contribution in [0.4, 0.5) is 0 Å².